The van der Waals surface area contributed by atoms with Gasteiger partial charge in [-0.1, -0.05) is 0 Å². The van der Waals surface area contributed by atoms with E-state index in [1.54, 1.807) is 4.90 Å². The van der Waals surface area contributed by atoms with Crippen molar-refractivity contribution in [3.8, 4) is 0 Å². The fourth-order valence-electron chi connectivity index (χ4n) is 3.56. The van der Waals surface area contributed by atoms with E-state index in [0.29, 0.717) is 24.7 Å². The van der Waals surface area contributed by atoms with Crippen LogP contribution in [0.5, 0.6) is 0 Å². The first kappa shape index (κ1) is 16.9. The molecule has 1 aromatic carbocycles. The van der Waals surface area contributed by atoms with Gasteiger partial charge in [0.25, 0.3) is 5.91 Å². The van der Waals surface area contributed by atoms with Gasteiger partial charge in [-0.2, -0.15) is 0 Å². The monoisotopic (exact) mass is 332 g/mol. The maximum atomic E-state index is 13.0. The Morgan fingerprint density at radius 2 is 1.83 bits per heavy atom. The second-order valence-corrected chi connectivity index (χ2v) is 7.17. The number of rotatable bonds is 4. The van der Waals surface area contributed by atoms with Crippen LogP contribution in [-0.4, -0.2) is 46.8 Å². The van der Waals surface area contributed by atoms with Gasteiger partial charge in [0.05, 0.1) is 5.92 Å². The Labute approximate surface area is 142 Å². The van der Waals surface area contributed by atoms with Crippen molar-refractivity contribution in [2.24, 2.45) is 5.92 Å². The highest BCUT2D eigenvalue weighted by Crippen LogP contribution is 2.32. The van der Waals surface area contributed by atoms with Crippen molar-refractivity contribution < 1.29 is 14.0 Å². The lowest BCUT2D eigenvalue weighted by Gasteiger charge is -2.36. The summed E-state index contributed by atoms with van der Waals surface area (Å²) < 4.78 is 13.0. The number of piperidine rings is 1. The Morgan fingerprint density at radius 1 is 1.17 bits per heavy atom. The number of hydrogen-bond acceptors (Lipinski definition) is 2. The summed E-state index contributed by atoms with van der Waals surface area (Å²) in [5, 5.41) is 0. The quantitative estimate of drug-likeness (QED) is 0.850. The highest BCUT2D eigenvalue weighted by molar-refractivity contribution is 5.94. The smallest absolute Gasteiger partial charge is 0.253 e. The molecule has 1 aliphatic carbocycles. The lowest BCUT2D eigenvalue weighted by molar-refractivity contribution is -0.139. The maximum Gasteiger partial charge on any atom is 0.253 e. The van der Waals surface area contributed by atoms with Crippen LogP contribution in [0.25, 0.3) is 0 Å². The summed E-state index contributed by atoms with van der Waals surface area (Å²) in [4.78, 5) is 29.3. The van der Waals surface area contributed by atoms with Crippen molar-refractivity contribution in [2.45, 2.75) is 51.6 Å². The first-order valence-corrected chi connectivity index (χ1v) is 8.84. The molecule has 3 rings (SSSR count). The molecule has 1 aromatic rings. The van der Waals surface area contributed by atoms with E-state index in [-0.39, 0.29) is 29.6 Å². The minimum atomic E-state index is -0.352. The SMILES string of the molecule is CC(C)N(C(=O)C1CCCN(C(=O)c2ccc(F)cc2)C1)C1CC1. The van der Waals surface area contributed by atoms with E-state index < -0.39 is 0 Å². The minimum Gasteiger partial charge on any atom is -0.338 e. The molecule has 2 aliphatic rings. The predicted octanol–water partition coefficient (Wildman–Crippen LogP) is 3.08. The summed E-state index contributed by atoms with van der Waals surface area (Å²) in [5.74, 6) is -0.402. The molecule has 0 spiro atoms. The van der Waals surface area contributed by atoms with Crippen molar-refractivity contribution >= 4 is 11.8 Å². The predicted molar refractivity (Wildman–Crippen MR) is 90.0 cm³/mol. The molecule has 1 unspecified atom stereocenters. The average Bonchev–Trinajstić information content (AvgIpc) is 3.39. The van der Waals surface area contributed by atoms with Crippen molar-refractivity contribution in [3.05, 3.63) is 35.6 Å². The first-order chi connectivity index (χ1) is 11.5. The normalized spacial score (nSPS) is 21.0. The summed E-state index contributed by atoms with van der Waals surface area (Å²) in [6.45, 7) is 5.23. The van der Waals surface area contributed by atoms with Crippen LogP contribution in [-0.2, 0) is 4.79 Å². The highest BCUT2D eigenvalue weighted by atomic mass is 19.1. The molecular formula is C19H25FN2O2. The molecule has 1 aliphatic heterocycles. The van der Waals surface area contributed by atoms with Gasteiger partial charge in [0, 0.05) is 30.7 Å². The standard InChI is InChI=1S/C19H25FN2O2/c1-13(2)22(17-9-10-17)19(24)15-4-3-11-21(12-15)18(23)14-5-7-16(20)8-6-14/h5-8,13,15,17H,3-4,9-12H2,1-2H3. The van der Waals surface area contributed by atoms with Crippen molar-refractivity contribution in [2.75, 3.05) is 13.1 Å². The molecule has 0 bridgehead atoms. The maximum absolute atomic E-state index is 13.0. The van der Waals surface area contributed by atoms with Gasteiger partial charge < -0.3 is 9.80 Å². The van der Waals surface area contributed by atoms with E-state index in [9.17, 15) is 14.0 Å². The molecule has 4 nitrogen and oxygen atoms in total. The number of hydrogen-bond donors (Lipinski definition) is 0. The highest BCUT2D eigenvalue weighted by Gasteiger charge is 2.39. The molecule has 2 fully saturated rings. The third kappa shape index (κ3) is 3.60. The van der Waals surface area contributed by atoms with Gasteiger partial charge >= 0.3 is 0 Å². The molecule has 0 aromatic heterocycles. The lowest BCUT2D eigenvalue weighted by atomic mass is 9.95. The van der Waals surface area contributed by atoms with Crippen LogP contribution >= 0.6 is 0 Å². The van der Waals surface area contributed by atoms with Crippen LogP contribution in [0.15, 0.2) is 24.3 Å². The zero-order valence-corrected chi connectivity index (χ0v) is 14.4. The number of carbonyl (C=O) groups excluding carboxylic acids is 2. The molecule has 24 heavy (non-hydrogen) atoms. The van der Waals surface area contributed by atoms with Gasteiger partial charge in [-0.25, -0.2) is 4.39 Å². The Hall–Kier alpha value is -1.91. The summed E-state index contributed by atoms with van der Waals surface area (Å²) in [5.41, 5.74) is 0.479. The van der Waals surface area contributed by atoms with E-state index in [4.69, 9.17) is 0 Å². The molecule has 2 amide bonds. The third-order valence-electron chi connectivity index (χ3n) is 4.90. The Balaban J connectivity index is 1.68. The van der Waals surface area contributed by atoms with Gasteiger partial charge in [0.2, 0.25) is 5.91 Å². The van der Waals surface area contributed by atoms with Gasteiger partial charge in [-0.3, -0.25) is 9.59 Å². The molecule has 0 N–H and O–H groups in total. The number of benzene rings is 1. The molecule has 1 saturated heterocycles. The van der Waals surface area contributed by atoms with Gasteiger partial charge in [0.1, 0.15) is 5.82 Å². The first-order valence-electron chi connectivity index (χ1n) is 8.84. The summed E-state index contributed by atoms with van der Waals surface area (Å²) in [7, 11) is 0. The average molecular weight is 332 g/mol. The summed E-state index contributed by atoms with van der Waals surface area (Å²) in [6.07, 6.45) is 3.85. The third-order valence-corrected chi connectivity index (χ3v) is 4.90. The lowest BCUT2D eigenvalue weighted by Crippen LogP contribution is -2.49. The molecule has 0 radical (unpaired) electrons. The largest absolute Gasteiger partial charge is 0.338 e. The Bertz CT molecular complexity index is 608. The topological polar surface area (TPSA) is 40.6 Å². The molecule has 130 valence electrons. The van der Waals surface area contributed by atoms with Crippen LogP contribution in [0.2, 0.25) is 0 Å². The number of halogens is 1. The van der Waals surface area contributed by atoms with Gasteiger partial charge in [-0.15, -0.1) is 0 Å². The Morgan fingerprint density at radius 3 is 2.42 bits per heavy atom. The fourth-order valence-corrected chi connectivity index (χ4v) is 3.56. The van der Waals surface area contributed by atoms with Gasteiger partial charge in [-0.05, 0) is 63.8 Å². The van der Waals surface area contributed by atoms with Crippen molar-refractivity contribution in [3.63, 3.8) is 0 Å². The van der Waals surface area contributed by atoms with Gasteiger partial charge in [0.15, 0.2) is 0 Å². The zero-order chi connectivity index (χ0) is 17.3. The zero-order valence-electron chi connectivity index (χ0n) is 14.4. The van der Waals surface area contributed by atoms with Crippen LogP contribution in [0, 0.1) is 11.7 Å². The number of likely N-dealkylation sites (tertiary alicyclic amines) is 1. The number of carbonyl (C=O) groups is 2. The van der Waals surface area contributed by atoms with E-state index in [2.05, 4.69) is 13.8 Å². The fraction of sp³-hybridized carbons (Fsp3) is 0.579. The van der Waals surface area contributed by atoms with Crippen LogP contribution in [0.4, 0.5) is 4.39 Å². The molecule has 5 heteroatoms. The van der Waals surface area contributed by atoms with Crippen LogP contribution < -0.4 is 0 Å². The molecule has 1 atom stereocenters. The van der Waals surface area contributed by atoms with E-state index in [1.807, 2.05) is 4.90 Å². The molecule has 1 saturated carbocycles. The summed E-state index contributed by atoms with van der Waals surface area (Å²) in [6, 6.07) is 6.20. The van der Waals surface area contributed by atoms with Crippen LogP contribution in [0.1, 0.15) is 49.9 Å². The van der Waals surface area contributed by atoms with E-state index in [1.165, 1.54) is 24.3 Å². The van der Waals surface area contributed by atoms with Crippen LogP contribution in [0.3, 0.4) is 0 Å². The molecule has 1 heterocycles. The summed E-state index contributed by atoms with van der Waals surface area (Å²) >= 11 is 0. The second kappa shape index (κ2) is 6.91. The van der Waals surface area contributed by atoms with E-state index >= 15 is 0 Å². The van der Waals surface area contributed by atoms with Crippen molar-refractivity contribution in [1.29, 1.82) is 0 Å². The van der Waals surface area contributed by atoms with E-state index in [0.717, 1.165) is 25.7 Å². The number of nitrogens with zero attached hydrogens (tertiary/aromatic N) is 2. The second-order valence-electron chi connectivity index (χ2n) is 7.17. The van der Waals surface area contributed by atoms with Crippen molar-refractivity contribution in [1.82, 2.24) is 9.80 Å². The number of amides is 2. The Kier molecular flexibility index (Phi) is 4.88. The molecular weight excluding hydrogens is 307 g/mol. The minimum absolute atomic E-state index is 0.116.